The summed E-state index contributed by atoms with van der Waals surface area (Å²) in [6, 6.07) is 1.97. The minimum Gasteiger partial charge on any atom is -0.338 e. The predicted molar refractivity (Wildman–Crippen MR) is 87.4 cm³/mol. The van der Waals surface area contributed by atoms with Crippen LogP contribution >= 0.6 is 0 Å². The molecule has 6 heteroatoms. The molecule has 0 aromatic carbocycles. The van der Waals surface area contributed by atoms with Crippen LogP contribution in [-0.2, 0) is 9.59 Å². The molecule has 2 atom stereocenters. The number of likely N-dealkylation sites (tertiary alicyclic amines) is 1. The topological polar surface area (TPSA) is 67.7 Å². The molecule has 0 spiro atoms. The number of nitriles is 1. The van der Waals surface area contributed by atoms with Crippen molar-refractivity contribution in [1.82, 2.24) is 14.7 Å². The van der Waals surface area contributed by atoms with Gasteiger partial charge in [-0.1, -0.05) is 20.8 Å². The SMILES string of the molecule is CC[C@H](C(=O)N1CCN([C@@H](C#N)C(C)C)CC1)N1CCCC1=O. The Kier molecular flexibility index (Phi) is 6.00. The number of rotatable bonds is 5. The number of amides is 2. The van der Waals surface area contributed by atoms with Gasteiger partial charge < -0.3 is 9.80 Å². The fourth-order valence-electron chi connectivity index (χ4n) is 3.61. The molecule has 2 heterocycles. The lowest BCUT2D eigenvalue weighted by atomic mass is 10.0. The zero-order valence-electron chi connectivity index (χ0n) is 14.5. The van der Waals surface area contributed by atoms with E-state index in [1.165, 1.54) is 0 Å². The fraction of sp³-hybridized carbons (Fsp3) is 0.824. The van der Waals surface area contributed by atoms with Crippen LogP contribution in [-0.4, -0.2) is 71.3 Å². The van der Waals surface area contributed by atoms with Gasteiger partial charge in [0.1, 0.15) is 12.1 Å². The Morgan fingerprint density at radius 1 is 1.22 bits per heavy atom. The third kappa shape index (κ3) is 3.84. The van der Waals surface area contributed by atoms with Crippen molar-refractivity contribution in [2.75, 3.05) is 32.7 Å². The lowest BCUT2D eigenvalue weighted by molar-refractivity contribution is -0.145. The molecule has 0 unspecified atom stereocenters. The van der Waals surface area contributed by atoms with Crippen molar-refractivity contribution in [1.29, 1.82) is 5.26 Å². The molecule has 128 valence electrons. The van der Waals surface area contributed by atoms with Gasteiger partial charge in [-0.25, -0.2) is 0 Å². The van der Waals surface area contributed by atoms with E-state index in [-0.39, 0.29) is 29.8 Å². The average molecular weight is 320 g/mol. The fourth-order valence-corrected chi connectivity index (χ4v) is 3.61. The van der Waals surface area contributed by atoms with Crippen molar-refractivity contribution in [3.8, 4) is 6.07 Å². The van der Waals surface area contributed by atoms with Gasteiger partial charge in [-0.2, -0.15) is 5.26 Å². The van der Waals surface area contributed by atoms with Crippen LogP contribution in [0.25, 0.3) is 0 Å². The van der Waals surface area contributed by atoms with E-state index < -0.39 is 0 Å². The predicted octanol–water partition coefficient (Wildman–Crippen LogP) is 1.08. The highest BCUT2D eigenvalue weighted by molar-refractivity contribution is 5.88. The average Bonchev–Trinajstić information content (AvgIpc) is 2.95. The Morgan fingerprint density at radius 2 is 1.87 bits per heavy atom. The van der Waals surface area contributed by atoms with Crippen molar-refractivity contribution >= 4 is 11.8 Å². The minimum absolute atomic E-state index is 0.0699. The third-order valence-electron chi connectivity index (χ3n) is 4.94. The lowest BCUT2D eigenvalue weighted by Crippen LogP contribution is -2.57. The quantitative estimate of drug-likeness (QED) is 0.760. The Hall–Kier alpha value is -1.61. The summed E-state index contributed by atoms with van der Waals surface area (Å²) in [5.41, 5.74) is 0. The number of piperazine rings is 1. The molecular formula is C17H28N4O2. The highest BCUT2D eigenvalue weighted by atomic mass is 16.2. The van der Waals surface area contributed by atoms with Crippen molar-refractivity contribution in [2.45, 2.75) is 52.1 Å². The first-order valence-electron chi connectivity index (χ1n) is 8.71. The van der Waals surface area contributed by atoms with Gasteiger partial charge in [0.05, 0.1) is 6.07 Å². The van der Waals surface area contributed by atoms with Gasteiger partial charge >= 0.3 is 0 Å². The Bertz CT molecular complexity index is 477. The molecule has 2 aliphatic heterocycles. The molecule has 2 amide bonds. The largest absolute Gasteiger partial charge is 0.338 e. The van der Waals surface area contributed by atoms with Crippen LogP contribution in [0.15, 0.2) is 0 Å². The Balaban J connectivity index is 1.95. The summed E-state index contributed by atoms with van der Waals surface area (Å²) < 4.78 is 0. The second-order valence-electron chi connectivity index (χ2n) is 6.79. The van der Waals surface area contributed by atoms with Crippen molar-refractivity contribution in [3.63, 3.8) is 0 Å². The molecule has 6 nitrogen and oxygen atoms in total. The zero-order valence-corrected chi connectivity index (χ0v) is 14.5. The molecule has 0 aliphatic carbocycles. The van der Waals surface area contributed by atoms with Crippen molar-refractivity contribution < 1.29 is 9.59 Å². The van der Waals surface area contributed by atoms with Crippen LogP contribution in [0, 0.1) is 17.2 Å². The minimum atomic E-state index is -0.312. The van der Waals surface area contributed by atoms with E-state index in [4.69, 9.17) is 0 Å². The van der Waals surface area contributed by atoms with Gasteiger partial charge in [0, 0.05) is 39.1 Å². The van der Waals surface area contributed by atoms with E-state index in [9.17, 15) is 14.9 Å². The maximum Gasteiger partial charge on any atom is 0.245 e. The molecule has 23 heavy (non-hydrogen) atoms. The number of hydrogen-bond donors (Lipinski definition) is 0. The van der Waals surface area contributed by atoms with Gasteiger partial charge in [-0.05, 0) is 18.8 Å². The summed E-state index contributed by atoms with van der Waals surface area (Å²) in [5, 5.41) is 9.31. The highest BCUT2D eigenvalue weighted by Gasteiger charge is 2.36. The number of nitrogens with zero attached hydrogens (tertiary/aromatic N) is 4. The van der Waals surface area contributed by atoms with Gasteiger partial charge in [-0.15, -0.1) is 0 Å². The van der Waals surface area contributed by atoms with Gasteiger partial charge in [0.2, 0.25) is 11.8 Å². The second kappa shape index (κ2) is 7.78. The van der Waals surface area contributed by atoms with Crippen LogP contribution in [0.1, 0.15) is 40.0 Å². The first-order chi connectivity index (χ1) is 11.0. The monoisotopic (exact) mass is 320 g/mol. The van der Waals surface area contributed by atoms with Crippen LogP contribution in [0.5, 0.6) is 0 Å². The summed E-state index contributed by atoms with van der Waals surface area (Å²) in [5.74, 6) is 0.460. The maximum atomic E-state index is 12.8. The maximum absolute atomic E-state index is 12.8. The molecule has 2 rings (SSSR count). The van der Waals surface area contributed by atoms with E-state index in [0.29, 0.717) is 32.5 Å². The summed E-state index contributed by atoms with van der Waals surface area (Å²) in [7, 11) is 0. The van der Waals surface area contributed by atoms with E-state index in [1.54, 1.807) is 4.90 Å². The molecule has 2 fully saturated rings. The molecule has 2 aliphatic rings. The van der Waals surface area contributed by atoms with Crippen molar-refractivity contribution in [2.24, 2.45) is 5.92 Å². The molecular weight excluding hydrogens is 292 g/mol. The standard InChI is InChI=1S/C17H28N4O2/c1-4-14(21-7-5-6-16(21)22)17(23)20-10-8-19(9-11-20)15(12-18)13(2)3/h13-15H,4-11H2,1-3H3/t14-,15+/m1/s1. The molecule has 0 aromatic heterocycles. The smallest absolute Gasteiger partial charge is 0.245 e. The first kappa shape index (κ1) is 17.7. The third-order valence-corrected chi connectivity index (χ3v) is 4.94. The molecule has 2 saturated heterocycles. The molecule has 0 aromatic rings. The summed E-state index contributed by atoms with van der Waals surface area (Å²) in [6.45, 7) is 9.51. The van der Waals surface area contributed by atoms with E-state index in [0.717, 1.165) is 19.5 Å². The highest BCUT2D eigenvalue weighted by Crippen LogP contribution is 2.19. The molecule has 0 N–H and O–H groups in total. The first-order valence-corrected chi connectivity index (χ1v) is 8.71. The van der Waals surface area contributed by atoms with Gasteiger partial charge in [-0.3, -0.25) is 14.5 Å². The molecule has 0 bridgehead atoms. The zero-order chi connectivity index (χ0) is 17.0. The van der Waals surface area contributed by atoms with Crippen LogP contribution in [0.4, 0.5) is 0 Å². The normalized spacial score (nSPS) is 22.3. The second-order valence-corrected chi connectivity index (χ2v) is 6.79. The Labute approximate surface area is 139 Å². The summed E-state index contributed by atoms with van der Waals surface area (Å²) in [6.07, 6.45) is 2.09. The molecule has 0 radical (unpaired) electrons. The number of hydrogen-bond acceptors (Lipinski definition) is 4. The van der Waals surface area contributed by atoms with Crippen molar-refractivity contribution in [3.05, 3.63) is 0 Å². The van der Waals surface area contributed by atoms with E-state index >= 15 is 0 Å². The summed E-state index contributed by atoms with van der Waals surface area (Å²) in [4.78, 5) is 30.5. The van der Waals surface area contributed by atoms with Gasteiger partial charge in [0.25, 0.3) is 0 Å². The molecule has 0 saturated carbocycles. The van der Waals surface area contributed by atoms with Crippen LogP contribution in [0.2, 0.25) is 0 Å². The van der Waals surface area contributed by atoms with E-state index in [1.807, 2.05) is 11.8 Å². The number of carbonyl (C=O) groups excluding carboxylic acids is 2. The Morgan fingerprint density at radius 3 is 2.30 bits per heavy atom. The van der Waals surface area contributed by atoms with Crippen LogP contribution in [0.3, 0.4) is 0 Å². The summed E-state index contributed by atoms with van der Waals surface area (Å²) >= 11 is 0. The van der Waals surface area contributed by atoms with Crippen LogP contribution < -0.4 is 0 Å². The lowest BCUT2D eigenvalue weighted by Gasteiger charge is -2.40. The number of carbonyl (C=O) groups is 2. The van der Waals surface area contributed by atoms with Gasteiger partial charge in [0.15, 0.2) is 0 Å². The van der Waals surface area contributed by atoms with E-state index in [2.05, 4.69) is 24.8 Å².